The summed E-state index contributed by atoms with van der Waals surface area (Å²) in [7, 11) is 0. The molecule has 4 nitrogen and oxygen atoms in total. The van der Waals surface area contributed by atoms with Crippen molar-refractivity contribution in [3.8, 4) is 0 Å². The molecular formula is C12H13N3OS. The zero-order valence-corrected chi connectivity index (χ0v) is 10.3. The van der Waals surface area contributed by atoms with Crippen LogP contribution in [0.2, 0.25) is 0 Å². The number of thiazole rings is 1. The number of benzene rings is 1. The first-order chi connectivity index (χ1) is 8.16. The molecule has 1 aromatic carbocycles. The van der Waals surface area contributed by atoms with Crippen LogP contribution in [0.4, 0.5) is 5.69 Å². The number of hydrogen-bond donors (Lipinski definition) is 2. The van der Waals surface area contributed by atoms with Gasteiger partial charge in [0.15, 0.2) is 0 Å². The molecule has 0 saturated carbocycles. The number of nitrogens with zero attached hydrogens (tertiary/aromatic N) is 1. The van der Waals surface area contributed by atoms with Gasteiger partial charge in [-0.25, -0.2) is 4.98 Å². The molecule has 5 heteroatoms. The smallest absolute Gasteiger partial charge is 0.251 e. The van der Waals surface area contributed by atoms with Crippen molar-refractivity contribution < 1.29 is 4.79 Å². The summed E-state index contributed by atoms with van der Waals surface area (Å²) in [5.41, 5.74) is 10.5. The molecule has 0 aliphatic carbocycles. The Labute approximate surface area is 103 Å². The molecule has 0 aliphatic rings. The van der Waals surface area contributed by atoms with Crippen molar-refractivity contribution in [3.05, 3.63) is 45.9 Å². The van der Waals surface area contributed by atoms with Gasteiger partial charge in [0.25, 0.3) is 5.91 Å². The molecule has 88 valence electrons. The lowest BCUT2D eigenvalue weighted by atomic mass is 10.1. The Bertz CT molecular complexity index is 523. The molecule has 1 amide bonds. The van der Waals surface area contributed by atoms with Crippen LogP contribution in [0.3, 0.4) is 0 Å². The van der Waals surface area contributed by atoms with Crippen LogP contribution in [0.15, 0.2) is 29.1 Å². The number of aryl methyl sites for hydroxylation is 1. The molecular weight excluding hydrogens is 234 g/mol. The van der Waals surface area contributed by atoms with Gasteiger partial charge in [0, 0.05) is 16.6 Å². The fourth-order valence-electron chi connectivity index (χ4n) is 1.41. The van der Waals surface area contributed by atoms with E-state index in [1.54, 1.807) is 23.7 Å². The normalized spacial score (nSPS) is 10.2. The number of nitrogen functional groups attached to an aromatic ring is 1. The van der Waals surface area contributed by atoms with E-state index in [-0.39, 0.29) is 5.91 Å². The number of anilines is 1. The molecule has 0 saturated heterocycles. The van der Waals surface area contributed by atoms with Gasteiger partial charge in [0.2, 0.25) is 0 Å². The van der Waals surface area contributed by atoms with Crippen LogP contribution in [-0.2, 0) is 6.54 Å². The molecule has 0 aliphatic heterocycles. The quantitative estimate of drug-likeness (QED) is 0.815. The first-order valence-electron chi connectivity index (χ1n) is 5.18. The van der Waals surface area contributed by atoms with Gasteiger partial charge < -0.3 is 11.1 Å². The lowest BCUT2D eigenvalue weighted by Gasteiger charge is -2.05. The second-order valence-electron chi connectivity index (χ2n) is 3.73. The first kappa shape index (κ1) is 11.6. The molecule has 0 spiro atoms. The minimum Gasteiger partial charge on any atom is -0.399 e. The van der Waals surface area contributed by atoms with Gasteiger partial charge in [-0.3, -0.25) is 4.79 Å². The predicted molar refractivity (Wildman–Crippen MR) is 68.9 cm³/mol. The predicted octanol–water partition coefficient (Wildman–Crippen LogP) is 1.96. The van der Waals surface area contributed by atoms with Crippen molar-refractivity contribution in [3.63, 3.8) is 0 Å². The van der Waals surface area contributed by atoms with Gasteiger partial charge in [-0.05, 0) is 30.7 Å². The third-order valence-electron chi connectivity index (χ3n) is 2.45. The van der Waals surface area contributed by atoms with E-state index < -0.39 is 0 Å². The molecule has 0 radical (unpaired) electrons. The van der Waals surface area contributed by atoms with Crippen molar-refractivity contribution in [1.82, 2.24) is 10.3 Å². The van der Waals surface area contributed by atoms with E-state index in [9.17, 15) is 4.79 Å². The summed E-state index contributed by atoms with van der Waals surface area (Å²) in [6.07, 6.45) is 0. The Morgan fingerprint density at radius 2 is 2.35 bits per heavy atom. The topological polar surface area (TPSA) is 68.0 Å². The highest BCUT2D eigenvalue weighted by atomic mass is 32.1. The van der Waals surface area contributed by atoms with Crippen LogP contribution in [0, 0.1) is 6.92 Å². The van der Waals surface area contributed by atoms with Gasteiger partial charge >= 0.3 is 0 Å². The maximum atomic E-state index is 11.8. The third-order valence-corrected chi connectivity index (χ3v) is 3.08. The summed E-state index contributed by atoms with van der Waals surface area (Å²) in [6, 6.07) is 5.25. The summed E-state index contributed by atoms with van der Waals surface area (Å²) < 4.78 is 0. The number of hydrogen-bond acceptors (Lipinski definition) is 4. The zero-order chi connectivity index (χ0) is 12.3. The molecule has 17 heavy (non-hydrogen) atoms. The summed E-state index contributed by atoms with van der Waals surface area (Å²) in [6.45, 7) is 2.33. The van der Waals surface area contributed by atoms with Gasteiger partial charge in [-0.1, -0.05) is 0 Å². The van der Waals surface area contributed by atoms with Gasteiger partial charge in [0.05, 0.1) is 17.7 Å². The molecule has 0 bridgehead atoms. The second-order valence-corrected chi connectivity index (χ2v) is 4.45. The Kier molecular flexibility index (Phi) is 3.39. The van der Waals surface area contributed by atoms with Crippen LogP contribution in [0.1, 0.15) is 21.6 Å². The number of carbonyl (C=O) groups excluding carboxylic acids is 1. The molecule has 0 atom stereocenters. The van der Waals surface area contributed by atoms with Crippen LogP contribution < -0.4 is 11.1 Å². The molecule has 0 unspecified atom stereocenters. The number of carbonyl (C=O) groups is 1. The van der Waals surface area contributed by atoms with Crippen LogP contribution in [-0.4, -0.2) is 10.9 Å². The Hall–Kier alpha value is -1.88. The van der Waals surface area contributed by atoms with E-state index in [2.05, 4.69) is 10.3 Å². The lowest BCUT2D eigenvalue weighted by Crippen LogP contribution is -2.23. The number of nitrogens with two attached hydrogens (primary N) is 1. The average Bonchev–Trinajstić information content (AvgIpc) is 2.82. The van der Waals surface area contributed by atoms with E-state index in [1.807, 2.05) is 12.3 Å². The Balaban J connectivity index is 2.02. The van der Waals surface area contributed by atoms with E-state index in [0.717, 1.165) is 11.3 Å². The third kappa shape index (κ3) is 2.82. The van der Waals surface area contributed by atoms with Gasteiger partial charge in [0.1, 0.15) is 0 Å². The van der Waals surface area contributed by atoms with Crippen molar-refractivity contribution in [2.45, 2.75) is 13.5 Å². The van der Waals surface area contributed by atoms with Crippen molar-refractivity contribution in [2.24, 2.45) is 0 Å². The monoisotopic (exact) mass is 247 g/mol. The lowest BCUT2D eigenvalue weighted by molar-refractivity contribution is 0.0950. The maximum absolute atomic E-state index is 11.8. The zero-order valence-electron chi connectivity index (χ0n) is 9.43. The fourth-order valence-corrected chi connectivity index (χ4v) is 1.97. The number of aromatic nitrogens is 1. The SMILES string of the molecule is Cc1cc(C(=O)NCc2cscn2)ccc1N. The largest absolute Gasteiger partial charge is 0.399 e. The van der Waals surface area contributed by atoms with Crippen molar-refractivity contribution in [1.29, 1.82) is 0 Å². The summed E-state index contributed by atoms with van der Waals surface area (Å²) in [4.78, 5) is 15.9. The number of amides is 1. The number of rotatable bonds is 3. The minimum absolute atomic E-state index is 0.110. The second kappa shape index (κ2) is 4.97. The molecule has 0 fully saturated rings. The molecule has 3 N–H and O–H groups in total. The van der Waals surface area contributed by atoms with Gasteiger partial charge in [-0.2, -0.15) is 0 Å². The standard InChI is InChI=1S/C12H13N3OS/c1-8-4-9(2-3-11(8)13)12(16)14-5-10-6-17-7-15-10/h2-4,6-7H,5,13H2,1H3,(H,14,16). The number of nitrogens with one attached hydrogen (secondary N) is 1. The summed E-state index contributed by atoms with van der Waals surface area (Å²) >= 11 is 1.51. The Morgan fingerprint density at radius 3 is 3.00 bits per heavy atom. The van der Waals surface area contributed by atoms with Crippen LogP contribution in [0.5, 0.6) is 0 Å². The van der Waals surface area contributed by atoms with E-state index >= 15 is 0 Å². The highest BCUT2D eigenvalue weighted by molar-refractivity contribution is 7.07. The summed E-state index contributed by atoms with van der Waals surface area (Å²) in [5.74, 6) is -0.110. The highest BCUT2D eigenvalue weighted by Crippen LogP contribution is 2.12. The van der Waals surface area contributed by atoms with Crippen molar-refractivity contribution >= 4 is 22.9 Å². The molecule has 1 heterocycles. The molecule has 2 aromatic rings. The molecule has 1 aromatic heterocycles. The van der Waals surface area contributed by atoms with E-state index in [0.29, 0.717) is 17.8 Å². The Morgan fingerprint density at radius 1 is 1.53 bits per heavy atom. The van der Waals surface area contributed by atoms with Gasteiger partial charge in [-0.15, -0.1) is 11.3 Å². The first-order valence-corrected chi connectivity index (χ1v) is 6.12. The maximum Gasteiger partial charge on any atom is 0.251 e. The average molecular weight is 247 g/mol. The fraction of sp³-hybridized carbons (Fsp3) is 0.167. The highest BCUT2D eigenvalue weighted by Gasteiger charge is 2.06. The van der Waals surface area contributed by atoms with E-state index in [1.165, 1.54) is 11.3 Å². The minimum atomic E-state index is -0.110. The van der Waals surface area contributed by atoms with Crippen LogP contribution >= 0.6 is 11.3 Å². The summed E-state index contributed by atoms with van der Waals surface area (Å²) in [5, 5.41) is 4.72. The van der Waals surface area contributed by atoms with E-state index in [4.69, 9.17) is 5.73 Å². The van der Waals surface area contributed by atoms with Crippen molar-refractivity contribution in [2.75, 3.05) is 5.73 Å². The van der Waals surface area contributed by atoms with Crippen LogP contribution in [0.25, 0.3) is 0 Å². The molecule has 2 rings (SSSR count).